The van der Waals surface area contributed by atoms with Crippen molar-refractivity contribution < 1.29 is 37.4 Å². The molecule has 6 nitrogen and oxygen atoms in total. The standard InChI is InChI=1S/C21H28F3NO5/c1-20(2)13-14(25(19(20)29)12-6-4-3-5-7-18(27)28)8-9-15(26)16-10-11-17(30-16)21(22,23)24/h8-11,14-15,26H,3-7,12-13H2,1-2H3,(H,27,28)/t14?,15-/m1/s1. The number of unbranched alkanes of at least 4 members (excludes halogenated alkanes) is 3. The van der Waals surface area contributed by atoms with Crippen molar-refractivity contribution in [2.75, 3.05) is 6.54 Å². The van der Waals surface area contributed by atoms with Crippen LogP contribution < -0.4 is 0 Å². The average molecular weight is 431 g/mol. The number of carbonyl (C=O) groups is 2. The van der Waals surface area contributed by atoms with Crippen LogP contribution in [0.4, 0.5) is 13.2 Å². The van der Waals surface area contributed by atoms with Crippen molar-refractivity contribution in [3.8, 4) is 0 Å². The lowest BCUT2D eigenvalue weighted by Gasteiger charge is -2.23. The SMILES string of the molecule is CC1(C)CC(C=C[C@@H](O)c2ccc(C(F)(F)F)o2)N(CCCCCCC(=O)O)C1=O. The fourth-order valence-electron chi connectivity index (χ4n) is 3.60. The molecule has 1 aliphatic heterocycles. The van der Waals surface area contributed by atoms with E-state index < -0.39 is 29.4 Å². The number of hydrogen-bond acceptors (Lipinski definition) is 4. The Kier molecular flexibility index (Phi) is 7.74. The summed E-state index contributed by atoms with van der Waals surface area (Å²) in [5.74, 6) is -2.23. The highest BCUT2D eigenvalue weighted by atomic mass is 19.4. The van der Waals surface area contributed by atoms with Gasteiger partial charge in [-0.3, -0.25) is 9.59 Å². The van der Waals surface area contributed by atoms with Crippen LogP contribution in [0.15, 0.2) is 28.7 Å². The smallest absolute Gasteiger partial charge is 0.449 e. The lowest BCUT2D eigenvalue weighted by Crippen LogP contribution is -2.35. The third-order valence-corrected chi connectivity index (χ3v) is 5.21. The third-order valence-electron chi connectivity index (χ3n) is 5.21. The number of carboxylic acids is 1. The Morgan fingerprint density at radius 2 is 1.97 bits per heavy atom. The van der Waals surface area contributed by atoms with Crippen LogP contribution in [0.25, 0.3) is 0 Å². The number of hydrogen-bond donors (Lipinski definition) is 2. The molecule has 9 heteroatoms. The maximum absolute atomic E-state index is 12.7. The topological polar surface area (TPSA) is 91.0 Å². The third kappa shape index (κ3) is 6.35. The maximum Gasteiger partial charge on any atom is 0.449 e. The summed E-state index contributed by atoms with van der Waals surface area (Å²) in [5, 5.41) is 18.8. The molecular formula is C21H28F3NO5. The van der Waals surface area contributed by atoms with Crippen LogP contribution in [0.5, 0.6) is 0 Å². The van der Waals surface area contributed by atoms with Gasteiger partial charge < -0.3 is 19.5 Å². The van der Waals surface area contributed by atoms with E-state index in [4.69, 9.17) is 5.11 Å². The number of aliphatic hydroxyl groups is 1. The molecule has 1 saturated heterocycles. The Morgan fingerprint density at radius 1 is 1.30 bits per heavy atom. The van der Waals surface area contributed by atoms with Crippen molar-refractivity contribution in [2.24, 2.45) is 5.41 Å². The molecule has 2 rings (SSSR count). The van der Waals surface area contributed by atoms with Crippen LogP contribution in [0.1, 0.15) is 70.0 Å². The molecule has 1 aliphatic rings. The Bertz CT molecular complexity index is 769. The van der Waals surface area contributed by atoms with Crippen LogP contribution in [-0.2, 0) is 15.8 Å². The second kappa shape index (κ2) is 9.68. The molecule has 2 N–H and O–H groups in total. The first-order chi connectivity index (χ1) is 13.9. The predicted molar refractivity (Wildman–Crippen MR) is 102 cm³/mol. The number of nitrogens with zero attached hydrogens (tertiary/aromatic N) is 1. The first-order valence-corrected chi connectivity index (χ1v) is 9.98. The monoisotopic (exact) mass is 431 g/mol. The first-order valence-electron chi connectivity index (χ1n) is 9.98. The van der Waals surface area contributed by atoms with Gasteiger partial charge in [-0.05, 0) is 31.4 Å². The highest BCUT2D eigenvalue weighted by molar-refractivity contribution is 5.85. The molecule has 2 heterocycles. The summed E-state index contributed by atoms with van der Waals surface area (Å²) in [4.78, 5) is 24.9. The average Bonchev–Trinajstić information content (AvgIpc) is 3.21. The lowest BCUT2D eigenvalue weighted by atomic mass is 9.90. The molecule has 0 saturated carbocycles. The van der Waals surface area contributed by atoms with E-state index >= 15 is 0 Å². The lowest BCUT2D eigenvalue weighted by molar-refractivity contribution is -0.153. The highest BCUT2D eigenvalue weighted by Crippen LogP contribution is 2.37. The van der Waals surface area contributed by atoms with E-state index in [-0.39, 0.29) is 24.1 Å². The zero-order chi connectivity index (χ0) is 22.5. The van der Waals surface area contributed by atoms with Gasteiger partial charge in [0, 0.05) is 18.4 Å². The number of aliphatic hydroxyl groups excluding tert-OH is 1. The minimum atomic E-state index is -4.62. The minimum Gasteiger partial charge on any atom is -0.481 e. The Morgan fingerprint density at radius 3 is 2.57 bits per heavy atom. The number of aliphatic carboxylic acids is 1. The van der Waals surface area contributed by atoms with Gasteiger partial charge in [0.1, 0.15) is 11.9 Å². The molecule has 0 spiro atoms. The van der Waals surface area contributed by atoms with Gasteiger partial charge in [0.25, 0.3) is 0 Å². The molecule has 168 valence electrons. The van der Waals surface area contributed by atoms with E-state index in [9.17, 15) is 27.9 Å². The van der Waals surface area contributed by atoms with E-state index in [0.717, 1.165) is 31.4 Å². The number of rotatable bonds is 10. The fraction of sp³-hybridized carbons (Fsp3) is 0.619. The van der Waals surface area contributed by atoms with Crippen LogP contribution in [0.2, 0.25) is 0 Å². The zero-order valence-electron chi connectivity index (χ0n) is 17.1. The summed E-state index contributed by atoms with van der Waals surface area (Å²) < 4.78 is 42.6. The second-order valence-corrected chi connectivity index (χ2v) is 8.24. The molecule has 0 aromatic carbocycles. The molecule has 0 aliphatic carbocycles. The number of carboxylic acid groups (broad SMARTS) is 1. The quantitative estimate of drug-likeness (QED) is 0.419. The van der Waals surface area contributed by atoms with Crippen molar-refractivity contribution in [3.05, 3.63) is 35.8 Å². The maximum atomic E-state index is 12.7. The van der Waals surface area contributed by atoms with Gasteiger partial charge in [-0.25, -0.2) is 0 Å². The van der Waals surface area contributed by atoms with Crippen LogP contribution in [0, 0.1) is 5.41 Å². The van der Waals surface area contributed by atoms with E-state index in [1.807, 2.05) is 13.8 Å². The first kappa shape index (κ1) is 24.0. The Balaban J connectivity index is 1.96. The van der Waals surface area contributed by atoms with Gasteiger partial charge in [0.05, 0.1) is 6.04 Å². The molecule has 0 radical (unpaired) electrons. The van der Waals surface area contributed by atoms with Gasteiger partial charge in [-0.2, -0.15) is 13.2 Å². The summed E-state index contributed by atoms with van der Waals surface area (Å²) in [6, 6.07) is 1.57. The number of likely N-dealkylation sites (tertiary alicyclic amines) is 1. The zero-order valence-corrected chi connectivity index (χ0v) is 17.1. The molecular weight excluding hydrogens is 403 g/mol. The largest absolute Gasteiger partial charge is 0.481 e. The van der Waals surface area contributed by atoms with Gasteiger partial charge in [-0.15, -0.1) is 0 Å². The van der Waals surface area contributed by atoms with E-state index in [1.165, 1.54) is 6.08 Å². The molecule has 0 bridgehead atoms. The molecule has 1 amide bonds. The van der Waals surface area contributed by atoms with E-state index in [0.29, 0.717) is 19.4 Å². The fourth-order valence-corrected chi connectivity index (χ4v) is 3.60. The van der Waals surface area contributed by atoms with Crippen LogP contribution in [-0.4, -0.2) is 39.6 Å². The summed E-state index contributed by atoms with van der Waals surface area (Å²) >= 11 is 0. The van der Waals surface area contributed by atoms with Crippen molar-refractivity contribution in [1.82, 2.24) is 4.90 Å². The second-order valence-electron chi connectivity index (χ2n) is 8.24. The normalized spacial score (nSPS) is 20.3. The van der Waals surface area contributed by atoms with Crippen molar-refractivity contribution in [1.29, 1.82) is 0 Å². The number of carbonyl (C=O) groups excluding carboxylic acids is 1. The number of amides is 1. The molecule has 1 aromatic heterocycles. The number of halogens is 3. The van der Waals surface area contributed by atoms with Crippen molar-refractivity contribution in [3.63, 3.8) is 0 Å². The van der Waals surface area contributed by atoms with Gasteiger partial charge in [-0.1, -0.05) is 38.8 Å². The van der Waals surface area contributed by atoms with Crippen molar-refractivity contribution >= 4 is 11.9 Å². The van der Waals surface area contributed by atoms with Gasteiger partial charge >= 0.3 is 12.1 Å². The van der Waals surface area contributed by atoms with E-state index in [1.54, 1.807) is 11.0 Å². The predicted octanol–water partition coefficient (Wildman–Crippen LogP) is 4.55. The highest BCUT2D eigenvalue weighted by Gasteiger charge is 2.43. The summed E-state index contributed by atoms with van der Waals surface area (Å²) in [6.07, 6.45) is 0.537. The minimum absolute atomic E-state index is 0.0190. The molecule has 1 fully saturated rings. The summed E-state index contributed by atoms with van der Waals surface area (Å²) in [7, 11) is 0. The Hall–Kier alpha value is -2.29. The number of furan rings is 1. The van der Waals surface area contributed by atoms with Crippen LogP contribution in [0.3, 0.4) is 0 Å². The van der Waals surface area contributed by atoms with Gasteiger partial charge in [0.15, 0.2) is 0 Å². The van der Waals surface area contributed by atoms with Crippen LogP contribution >= 0.6 is 0 Å². The van der Waals surface area contributed by atoms with Crippen molar-refractivity contribution in [2.45, 2.75) is 70.7 Å². The van der Waals surface area contributed by atoms with Gasteiger partial charge in [0.2, 0.25) is 11.7 Å². The van der Waals surface area contributed by atoms with E-state index in [2.05, 4.69) is 4.42 Å². The molecule has 1 unspecified atom stereocenters. The summed E-state index contributed by atoms with van der Waals surface area (Å²) in [6.45, 7) is 4.17. The summed E-state index contributed by atoms with van der Waals surface area (Å²) in [5.41, 5.74) is -0.572. The molecule has 30 heavy (non-hydrogen) atoms. The molecule has 2 atom stereocenters. The molecule has 1 aromatic rings. The number of alkyl halides is 3. The Labute approximate surface area is 173 Å².